The molecule has 0 aliphatic carbocycles. The van der Waals surface area contributed by atoms with Gasteiger partial charge in [0.2, 0.25) is 11.0 Å². The molecular weight excluding hydrogens is 464 g/mol. The molecular formula is C22H19BrN4O2S. The number of anilines is 1. The third-order valence-corrected chi connectivity index (χ3v) is 6.87. The molecule has 1 aliphatic heterocycles. The Balaban J connectivity index is 1.69. The Labute approximate surface area is 186 Å². The quantitative estimate of drug-likeness (QED) is 0.427. The van der Waals surface area contributed by atoms with Gasteiger partial charge < -0.3 is 10.1 Å². The molecule has 1 atom stereocenters. The molecule has 1 N–H and O–H groups in total. The lowest BCUT2D eigenvalue weighted by Gasteiger charge is -2.25. The summed E-state index contributed by atoms with van der Waals surface area (Å²) in [7, 11) is 1.65. The number of carbonyl (C=O) groups is 1. The molecule has 2 aromatic carbocycles. The molecule has 0 radical (unpaired) electrons. The van der Waals surface area contributed by atoms with Gasteiger partial charge in [-0.15, -0.1) is 0 Å². The molecule has 8 heteroatoms. The lowest BCUT2D eigenvalue weighted by Crippen LogP contribution is -2.25. The molecule has 0 saturated heterocycles. The Morgan fingerprint density at radius 2 is 2.07 bits per heavy atom. The Morgan fingerprint density at radius 1 is 1.23 bits per heavy atom. The lowest BCUT2D eigenvalue weighted by molar-refractivity contribution is -0.116. The summed E-state index contributed by atoms with van der Waals surface area (Å²) in [6.45, 7) is 4.04. The zero-order chi connectivity index (χ0) is 21.0. The first-order valence-electron chi connectivity index (χ1n) is 9.55. The predicted molar refractivity (Wildman–Crippen MR) is 122 cm³/mol. The Hall–Kier alpha value is -2.71. The van der Waals surface area contributed by atoms with Gasteiger partial charge in [-0.25, -0.2) is 4.98 Å². The number of hydrogen-bond acceptors (Lipinski definition) is 5. The van der Waals surface area contributed by atoms with Crippen LogP contribution < -0.4 is 10.1 Å². The number of hydrogen-bond donors (Lipinski definition) is 1. The summed E-state index contributed by atoms with van der Waals surface area (Å²) in [5.74, 6) is 1.25. The molecule has 0 unspecified atom stereocenters. The van der Waals surface area contributed by atoms with E-state index in [2.05, 4.69) is 34.2 Å². The van der Waals surface area contributed by atoms with Crippen LogP contribution in [-0.4, -0.2) is 27.8 Å². The van der Waals surface area contributed by atoms with Gasteiger partial charge in [0.1, 0.15) is 11.6 Å². The minimum Gasteiger partial charge on any atom is -0.496 e. The van der Waals surface area contributed by atoms with Crippen LogP contribution in [0.1, 0.15) is 34.7 Å². The van der Waals surface area contributed by atoms with Gasteiger partial charge in [-0.3, -0.25) is 4.79 Å². The summed E-state index contributed by atoms with van der Waals surface area (Å²) < 4.78 is 9.40. The minimum absolute atomic E-state index is 0.0485. The van der Waals surface area contributed by atoms with Crippen molar-refractivity contribution in [2.75, 3.05) is 12.4 Å². The third-order valence-electron chi connectivity index (χ3n) is 5.38. The number of nitrogens with one attached hydrogen (secondary N) is 1. The number of ether oxygens (including phenoxy) is 1. The van der Waals surface area contributed by atoms with Crippen molar-refractivity contribution in [2.45, 2.75) is 26.2 Å². The summed E-state index contributed by atoms with van der Waals surface area (Å²) in [6.07, 6.45) is 0.339. The molecule has 0 saturated carbocycles. The zero-order valence-corrected chi connectivity index (χ0v) is 19.1. The van der Waals surface area contributed by atoms with E-state index in [0.29, 0.717) is 12.2 Å². The molecule has 152 valence electrons. The summed E-state index contributed by atoms with van der Waals surface area (Å²) in [6, 6.07) is 12.1. The number of nitrogens with zero attached hydrogens (tertiary/aromatic N) is 3. The standard InChI is InChI=1S/C22H19BrN4O2S/c1-11-4-6-16-18(8-11)30-22(24-16)27-21-20(12(2)26-27)15(10-19(28)25-21)14-9-13(23)5-7-17(14)29-3/h4-9,15H,10H2,1-3H3,(H,25,28)/t15-/m1/s1. The second kappa shape index (κ2) is 7.21. The smallest absolute Gasteiger partial charge is 0.226 e. The first kappa shape index (κ1) is 19.3. The van der Waals surface area contributed by atoms with Crippen molar-refractivity contribution in [1.29, 1.82) is 0 Å². The fraction of sp³-hybridized carbons (Fsp3) is 0.227. The van der Waals surface area contributed by atoms with Gasteiger partial charge in [-0.2, -0.15) is 9.78 Å². The highest BCUT2D eigenvalue weighted by Gasteiger charge is 2.34. The van der Waals surface area contributed by atoms with Crippen molar-refractivity contribution in [3.63, 3.8) is 0 Å². The van der Waals surface area contributed by atoms with E-state index in [0.717, 1.165) is 42.4 Å². The lowest BCUT2D eigenvalue weighted by atomic mass is 9.85. The van der Waals surface area contributed by atoms with Crippen LogP contribution in [0.15, 0.2) is 40.9 Å². The van der Waals surface area contributed by atoms with Crippen molar-refractivity contribution in [1.82, 2.24) is 14.8 Å². The van der Waals surface area contributed by atoms with Gasteiger partial charge in [-0.1, -0.05) is 33.3 Å². The molecule has 6 nitrogen and oxygen atoms in total. The van der Waals surface area contributed by atoms with Crippen molar-refractivity contribution in [2.24, 2.45) is 0 Å². The summed E-state index contributed by atoms with van der Waals surface area (Å²) in [5.41, 5.74) is 4.95. The van der Waals surface area contributed by atoms with Gasteiger partial charge in [0, 0.05) is 27.9 Å². The van der Waals surface area contributed by atoms with Crippen molar-refractivity contribution in [3.8, 4) is 10.9 Å². The highest BCUT2D eigenvalue weighted by Crippen LogP contribution is 2.44. The normalized spacial score (nSPS) is 15.9. The summed E-state index contributed by atoms with van der Waals surface area (Å²) in [4.78, 5) is 17.4. The molecule has 2 aromatic heterocycles. The van der Waals surface area contributed by atoms with Gasteiger partial charge in [0.25, 0.3) is 0 Å². The molecule has 4 aromatic rings. The van der Waals surface area contributed by atoms with Crippen LogP contribution in [-0.2, 0) is 4.79 Å². The monoisotopic (exact) mass is 482 g/mol. The number of thiazole rings is 1. The van der Waals surface area contributed by atoms with Crippen molar-refractivity contribution in [3.05, 3.63) is 63.3 Å². The van der Waals surface area contributed by atoms with Crippen LogP contribution >= 0.6 is 27.3 Å². The Kier molecular flexibility index (Phi) is 4.63. The second-order valence-corrected chi connectivity index (χ2v) is 9.34. The maximum absolute atomic E-state index is 12.7. The first-order valence-corrected chi connectivity index (χ1v) is 11.2. The number of fused-ring (bicyclic) bond motifs is 2. The summed E-state index contributed by atoms with van der Waals surface area (Å²) >= 11 is 5.11. The maximum Gasteiger partial charge on any atom is 0.226 e. The van der Waals surface area contributed by atoms with Crippen LogP contribution in [0.2, 0.25) is 0 Å². The molecule has 1 aliphatic rings. The molecule has 3 heterocycles. The van der Waals surface area contributed by atoms with E-state index >= 15 is 0 Å². The number of amides is 1. The molecule has 0 bridgehead atoms. The van der Waals surface area contributed by atoms with Crippen LogP contribution in [0, 0.1) is 13.8 Å². The Morgan fingerprint density at radius 3 is 2.87 bits per heavy atom. The van der Waals surface area contributed by atoms with E-state index in [1.807, 2.05) is 37.3 Å². The van der Waals surface area contributed by atoms with E-state index in [4.69, 9.17) is 14.8 Å². The van der Waals surface area contributed by atoms with Gasteiger partial charge in [-0.05, 0) is 49.7 Å². The number of aromatic nitrogens is 3. The van der Waals surface area contributed by atoms with E-state index in [1.165, 1.54) is 5.56 Å². The summed E-state index contributed by atoms with van der Waals surface area (Å²) in [5, 5.41) is 8.53. The number of benzene rings is 2. The zero-order valence-electron chi connectivity index (χ0n) is 16.7. The largest absolute Gasteiger partial charge is 0.496 e. The SMILES string of the molecule is COc1ccc(Br)cc1[C@H]1CC(=O)Nc2c1c(C)nn2-c1nc2ccc(C)cc2s1. The van der Waals surface area contributed by atoms with E-state index < -0.39 is 0 Å². The molecule has 0 spiro atoms. The average molecular weight is 483 g/mol. The van der Waals surface area contributed by atoms with Crippen LogP contribution in [0.25, 0.3) is 15.3 Å². The highest BCUT2D eigenvalue weighted by atomic mass is 79.9. The fourth-order valence-electron chi connectivity index (χ4n) is 4.04. The molecule has 30 heavy (non-hydrogen) atoms. The van der Waals surface area contributed by atoms with E-state index in [-0.39, 0.29) is 11.8 Å². The predicted octanol–water partition coefficient (Wildman–Crippen LogP) is 5.34. The number of rotatable bonds is 3. The van der Waals surface area contributed by atoms with Crippen LogP contribution in [0.4, 0.5) is 5.82 Å². The van der Waals surface area contributed by atoms with Crippen molar-refractivity contribution >= 4 is 49.2 Å². The maximum atomic E-state index is 12.7. The highest BCUT2D eigenvalue weighted by molar-refractivity contribution is 9.10. The first-order chi connectivity index (χ1) is 14.4. The number of halogens is 1. The van der Waals surface area contributed by atoms with Crippen molar-refractivity contribution < 1.29 is 9.53 Å². The Bertz CT molecular complexity index is 1310. The topological polar surface area (TPSA) is 69.0 Å². The van der Waals surface area contributed by atoms with Gasteiger partial charge in [0.15, 0.2) is 0 Å². The van der Waals surface area contributed by atoms with Gasteiger partial charge >= 0.3 is 0 Å². The van der Waals surface area contributed by atoms with E-state index in [9.17, 15) is 4.79 Å². The van der Waals surface area contributed by atoms with Gasteiger partial charge in [0.05, 0.1) is 23.0 Å². The minimum atomic E-state index is -0.147. The molecule has 5 rings (SSSR count). The number of methoxy groups -OCH3 is 1. The number of aryl methyl sites for hydroxylation is 2. The molecule has 1 amide bonds. The van der Waals surface area contributed by atoms with Crippen LogP contribution in [0.3, 0.4) is 0 Å². The van der Waals surface area contributed by atoms with E-state index in [1.54, 1.807) is 23.1 Å². The fourth-order valence-corrected chi connectivity index (χ4v) is 5.44. The van der Waals surface area contributed by atoms with Crippen LogP contribution in [0.5, 0.6) is 5.75 Å². The second-order valence-electron chi connectivity index (χ2n) is 7.42. The average Bonchev–Trinajstić information content (AvgIpc) is 3.27. The number of carbonyl (C=O) groups excluding carboxylic acids is 1. The third kappa shape index (κ3) is 3.11. The molecule has 0 fully saturated rings.